The van der Waals surface area contributed by atoms with Gasteiger partial charge in [-0.2, -0.15) is 15.1 Å². The maximum absolute atomic E-state index is 12.8. The number of rotatable bonds is 5. The van der Waals surface area contributed by atoms with Crippen LogP contribution in [0.3, 0.4) is 0 Å². The quantitative estimate of drug-likeness (QED) is 0.501. The predicted molar refractivity (Wildman–Crippen MR) is 139 cm³/mol. The summed E-state index contributed by atoms with van der Waals surface area (Å²) in [5.41, 5.74) is 4.01. The molecule has 3 heterocycles. The Balaban J connectivity index is 1.18. The van der Waals surface area contributed by atoms with Gasteiger partial charge in [-0.05, 0) is 66.2 Å². The van der Waals surface area contributed by atoms with Crippen molar-refractivity contribution in [2.24, 2.45) is 10.1 Å². The molecule has 0 aromatic heterocycles. The molecule has 6 rings (SSSR count). The second-order valence-corrected chi connectivity index (χ2v) is 9.30. The normalized spacial score (nSPS) is 17.2. The molecule has 0 spiro atoms. The molecule has 3 aromatic carbocycles. The van der Waals surface area contributed by atoms with E-state index in [2.05, 4.69) is 16.2 Å². The number of amides is 1. The fourth-order valence-electron chi connectivity index (χ4n) is 3.93. The Morgan fingerprint density at radius 1 is 1.08 bits per heavy atom. The van der Waals surface area contributed by atoms with Crippen LogP contribution >= 0.6 is 11.8 Å². The van der Waals surface area contributed by atoms with Gasteiger partial charge >= 0.3 is 0 Å². The minimum atomic E-state index is -0.472. The Hall–Kier alpha value is -4.37. The number of fused-ring (bicyclic) bond motifs is 2. The third-order valence-corrected chi connectivity index (χ3v) is 6.71. The van der Waals surface area contributed by atoms with E-state index < -0.39 is 5.91 Å². The molecule has 1 N–H and O–H groups in total. The molecule has 0 saturated carbocycles. The first-order valence-electron chi connectivity index (χ1n) is 11.2. The summed E-state index contributed by atoms with van der Waals surface area (Å²) in [5.74, 6) is 1.55. The van der Waals surface area contributed by atoms with Gasteiger partial charge in [-0.1, -0.05) is 42.0 Å². The first kappa shape index (κ1) is 22.1. The summed E-state index contributed by atoms with van der Waals surface area (Å²) < 4.78 is 16.7. The van der Waals surface area contributed by atoms with Gasteiger partial charge < -0.3 is 14.2 Å². The molecular formula is C27H20N4O4S. The topological polar surface area (TPSA) is 96.6 Å². The van der Waals surface area contributed by atoms with Gasteiger partial charge in [-0.3, -0.25) is 10.2 Å². The number of carbonyl (C=O) groups excluding carboxylic acids is 1. The van der Waals surface area contributed by atoms with Gasteiger partial charge in [0.05, 0.1) is 5.57 Å². The number of hydrogen-bond acceptors (Lipinski definition) is 7. The second-order valence-electron chi connectivity index (χ2n) is 8.34. The van der Waals surface area contributed by atoms with Gasteiger partial charge in [-0.25, -0.2) is 0 Å². The maximum atomic E-state index is 12.8. The molecule has 36 heavy (non-hydrogen) atoms. The Kier molecular flexibility index (Phi) is 5.54. The first-order valence-corrected chi connectivity index (χ1v) is 12.0. The van der Waals surface area contributed by atoms with E-state index in [4.69, 9.17) is 19.6 Å². The Labute approximate surface area is 211 Å². The predicted octanol–water partition coefficient (Wildman–Crippen LogP) is 4.97. The third kappa shape index (κ3) is 4.25. The molecule has 0 saturated heterocycles. The maximum Gasteiger partial charge on any atom is 0.283 e. The van der Waals surface area contributed by atoms with E-state index in [0.29, 0.717) is 28.3 Å². The van der Waals surface area contributed by atoms with Gasteiger partial charge in [0.25, 0.3) is 5.91 Å². The molecule has 3 aliphatic rings. The summed E-state index contributed by atoms with van der Waals surface area (Å²) in [4.78, 5) is 16.9. The summed E-state index contributed by atoms with van der Waals surface area (Å²) in [6, 6.07) is 21.1. The zero-order valence-corrected chi connectivity index (χ0v) is 20.0. The number of nitrogens with one attached hydrogen (secondary N) is 1. The van der Waals surface area contributed by atoms with E-state index in [1.165, 1.54) is 22.3 Å². The lowest BCUT2D eigenvalue weighted by Crippen LogP contribution is -2.35. The van der Waals surface area contributed by atoms with E-state index in [1.54, 1.807) is 6.08 Å². The molecule has 9 heteroatoms. The minimum absolute atomic E-state index is 0.0204. The number of thioether (sulfide) groups is 1. The van der Waals surface area contributed by atoms with Crippen molar-refractivity contribution in [2.75, 3.05) is 6.79 Å². The summed E-state index contributed by atoms with van der Waals surface area (Å²) in [6.07, 6.45) is 1.65. The number of amidine groups is 2. The average molecular weight is 497 g/mol. The second kappa shape index (κ2) is 9.01. The lowest BCUT2D eigenvalue weighted by atomic mass is 10.1. The number of carbonyl (C=O) groups is 1. The van der Waals surface area contributed by atoms with E-state index in [-0.39, 0.29) is 18.2 Å². The van der Waals surface area contributed by atoms with Crippen molar-refractivity contribution < 1.29 is 19.0 Å². The van der Waals surface area contributed by atoms with Gasteiger partial charge in [0.15, 0.2) is 17.3 Å². The monoisotopic (exact) mass is 496 g/mol. The van der Waals surface area contributed by atoms with Crippen LogP contribution in [0.1, 0.15) is 22.3 Å². The lowest BCUT2D eigenvalue weighted by Gasteiger charge is -2.20. The van der Waals surface area contributed by atoms with Gasteiger partial charge in [0.1, 0.15) is 17.4 Å². The number of aryl methyl sites for hydroxylation is 1. The van der Waals surface area contributed by atoms with Crippen LogP contribution in [0.2, 0.25) is 0 Å². The molecule has 8 nitrogen and oxygen atoms in total. The van der Waals surface area contributed by atoms with E-state index in [0.717, 1.165) is 22.4 Å². The Morgan fingerprint density at radius 3 is 2.75 bits per heavy atom. The molecule has 3 aliphatic heterocycles. The highest BCUT2D eigenvalue weighted by atomic mass is 32.2. The van der Waals surface area contributed by atoms with Crippen molar-refractivity contribution >= 4 is 39.8 Å². The highest BCUT2D eigenvalue weighted by Gasteiger charge is 2.36. The van der Waals surface area contributed by atoms with Crippen molar-refractivity contribution in [1.29, 1.82) is 5.41 Å². The number of hydrazone groups is 1. The fraction of sp³-hybridized carbons (Fsp3) is 0.111. The first-order chi connectivity index (χ1) is 17.5. The van der Waals surface area contributed by atoms with E-state index in [9.17, 15) is 4.79 Å². The van der Waals surface area contributed by atoms with Crippen molar-refractivity contribution in [3.8, 4) is 17.2 Å². The van der Waals surface area contributed by atoms with Gasteiger partial charge in [0, 0.05) is 5.56 Å². The van der Waals surface area contributed by atoms with E-state index >= 15 is 0 Å². The largest absolute Gasteiger partial charge is 0.489 e. The molecule has 178 valence electrons. The number of aliphatic imine (C=N–C) groups is 1. The number of benzene rings is 3. The van der Waals surface area contributed by atoms with Crippen LogP contribution in [-0.4, -0.2) is 33.8 Å². The number of nitrogens with zero attached hydrogens (tertiary/aromatic N) is 3. The Bertz CT molecular complexity index is 1490. The molecule has 0 unspecified atom stereocenters. The Morgan fingerprint density at radius 2 is 1.92 bits per heavy atom. The zero-order chi connectivity index (χ0) is 24.6. The fourth-order valence-corrected chi connectivity index (χ4v) is 4.82. The molecule has 0 aliphatic carbocycles. The summed E-state index contributed by atoms with van der Waals surface area (Å²) >= 11 is 1.24. The van der Waals surface area contributed by atoms with Crippen LogP contribution in [0.4, 0.5) is 0 Å². The number of hydrogen-bond donors (Lipinski definition) is 1. The van der Waals surface area contributed by atoms with Crippen LogP contribution < -0.4 is 14.2 Å². The third-order valence-electron chi connectivity index (χ3n) is 5.75. The number of ether oxygens (including phenoxy) is 3. The van der Waals surface area contributed by atoms with Crippen molar-refractivity contribution in [3.05, 3.63) is 94.6 Å². The standard InChI is InChI=1S/C27H20N4O4S/c1-16-3-2-4-18(11-16)14-33-20-8-5-17(6-9-20)12-21-24(28)31-27(29-25(21)32)36-26(30-31)19-7-10-22-23(13-19)35-15-34-22/h2-13,28H,14-15H2,1H3. The SMILES string of the molecule is Cc1cccc(COc2ccc(C=C3C(=N)N4N=C(c5ccc6c(c5)OCO6)SC4=NC3=O)cc2)c1. The molecule has 0 radical (unpaired) electrons. The highest BCUT2D eigenvalue weighted by molar-refractivity contribution is 8.27. The molecule has 0 bridgehead atoms. The van der Waals surface area contributed by atoms with Gasteiger partial charge in [-0.15, -0.1) is 0 Å². The molecule has 0 atom stereocenters. The summed E-state index contributed by atoms with van der Waals surface area (Å²) in [5, 5.41) is 15.5. The lowest BCUT2D eigenvalue weighted by molar-refractivity contribution is -0.114. The van der Waals surface area contributed by atoms with Crippen LogP contribution in [0.25, 0.3) is 6.08 Å². The summed E-state index contributed by atoms with van der Waals surface area (Å²) in [7, 11) is 0. The van der Waals surface area contributed by atoms with Crippen LogP contribution in [0.5, 0.6) is 17.2 Å². The molecule has 1 amide bonds. The van der Waals surface area contributed by atoms with Crippen LogP contribution in [-0.2, 0) is 11.4 Å². The van der Waals surface area contributed by atoms with Crippen molar-refractivity contribution in [2.45, 2.75) is 13.5 Å². The molecule has 3 aromatic rings. The zero-order valence-electron chi connectivity index (χ0n) is 19.2. The molecular weight excluding hydrogens is 476 g/mol. The van der Waals surface area contributed by atoms with Crippen LogP contribution in [0, 0.1) is 12.3 Å². The van der Waals surface area contributed by atoms with Crippen molar-refractivity contribution in [3.63, 3.8) is 0 Å². The average Bonchev–Trinajstić information content (AvgIpc) is 3.53. The van der Waals surface area contributed by atoms with Crippen molar-refractivity contribution in [1.82, 2.24) is 5.01 Å². The smallest absolute Gasteiger partial charge is 0.283 e. The summed E-state index contributed by atoms with van der Waals surface area (Å²) in [6.45, 7) is 2.71. The van der Waals surface area contributed by atoms with Crippen LogP contribution in [0.15, 0.2) is 82.4 Å². The minimum Gasteiger partial charge on any atom is -0.489 e. The van der Waals surface area contributed by atoms with Gasteiger partial charge in [0.2, 0.25) is 12.0 Å². The molecule has 0 fully saturated rings. The van der Waals surface area contributed by atoms with E-state index in [1.807, 2.05) is 67.6 Å². The highest BCUT2D eigenvalue weighted by Crippen LogP contribution is 2.36.